The van der Waals surface area contributed by atoms with Gasteiger partial charge >= 0.3 is 6.09 Å². The summed E-state index contributed by atoms with van der Waals surface area (Å²) in [6.45, 7) is 0. The second kappa shape index (κ2) is 6.75. The van der Waals surface area contributed by atoms with E-state index in [-0.39, 0.29) is 11.1 Å². The molecule has 1 aliphatic rings. The molecule has 2 atom stereocenters. The first kappa shape index (κ1) is 17.1. The molecule has 3 aromatic rings. The molecular weight excluding hydrogens is 357 g/mol. The minimum atomic E-state index is -1.21. The number of nitrogens with one attached hydrogen (secondary N) is 1. The first-order valence-electron chi connectivity index (χ1n) is 8.16. The fourth-order valence-corrected chi connectivity index (χ4v) is 3.10. The zero-order chi connectivity index (χ0) is 19.0. The van der Waals surface area contributed by atoms with Crippen molar-refractivity contribution in [2.24, 2.45) is 0 Å². The number of alkyl carbamates (subject to hydrolysis) is 1. The molecule has 1 N–H and O–H groups in total. The number of cyclic esters (lactones) is 1. The van der Waals surface area contributed by atoms with E-state index in [1.54, 1.807) is 12.1 Å². The number of pyridine rings is 1. The lowest BCUT2D eigenvalue weighted by atomic mass is 9.95. The number of hydrogen-bond acceptors (Lipinski definition) is 3. The minimum absolute atomic E-state index is 0.0726. The molecule has 1 fully saturated rings. The van der Waals surface area contributed by atoms with Gasteiger partial charge in [0.05, 0.1) is 11.9 Å². The Morgan fingerprint density at radius 1 is 0.926 bits per heavy atom. The molecular formula is C20H13F3N2O2. The number of ether oxygens (including phenoxy) is 1. The highest BCUT2D eigenvalue weighted by Gasteiger charge is 2.39. The summed E-state index contributed by atoms with van der Waals surface area (Å²) >= 11 is 0. The van der Waals surface area contributed by atoms with Gasteiger partial charge in [-0.1, -0.05) is 30.3 Å². The van der Waals surface area contributed by atoms with E-state index >= 15 is 0 Å². The molecule has 0 radical (unpaired) electrons. The molecule has 2 heterocycles. The van der Waals surface area contributed by atoms with Crippen LogP contribution in [-0.4, -0.2) is 11.1 Å². The smallest absolute Gasteiger partial charge is 0.408 e. The summed E-state index contributed by atoms with van der Waals surface area (Å²) in [5, 5.41) is 2.47. The van der Waals surface area contributed by atoms with Crippen LogP contribution in [0.5, 0.6) is 0 Å². The van der Waals surface area contributed by atoms with E-state index in [1.807, 2.05) is 18.2 Å². The lowest BCUT2D eigenvalue weighted by Gasteiger charge is -2.19. The van der Waals surface area contributed by atoms with Gasteiger partial charge in [-0.05, 0) is 24.3 Å². The lowest BCUT2D eigenvalue weighted by Crippen LogP contribution is -2.21. The number of rotatable bonds is 3. The summed E-state index contributed by atoms with van der Waals surface area (Å²) in [6.07, 6.45) is -1.03. The largest absolute Gasteiger partial charge is 0.439 e. The Hall–Kier alpha value is -3.35. The van der Waals surface area contributed by atoms with Crippen LogP contribution in [0.1, 0.15) is 23.3 Å². The van der Waals surface area contributed by atoms with Gasteiger partial charge in [0.15, 0.2) is 6.10 Å². The number of benzene rings is 2. The molecule has 0 saturated carbocycles. The number of hydrogen-bond donors (Lipinski definition) is 1. The fraction of sp³-hybridized carbons (Fsp3) is 0.100. The van der Waals surface area contributed by atoms with E-state index in [9.17, 15) is 18.0 Å². The molecule has 0 aliphatic carbocycles. The molecule has 2 aromatic carbocycles. The maximum absolute atomic E-state index is 14.5. The van der Waals surface area contributed by atoms with Crippen LogP contribution in [0.3, 0.4) is 0 Å². The molecule has 1 aliphatic heterocycles. The number of aromatic nitrogens is 1. The van der Waals surface area contributed by atoms with Crippen LogP contribution < -0.4 is 5.32 Å². The van der Waals surface area contributed by atoms with Crippen molar-refractivity contribution in [3.63, 3.8) is 0 Å². The normalized spacial score (nSPS) is 18.9. The van der Waals surface area contributed by atoms with Gasteiger partial charge in [-0.25, -0.2) is 18.0 Å². The van der Waals surface area contributed by atoms with Gasteiger partial charge in [0.1, 0.15) is 23.5 Å². The van der Waals surface area contributed by atoms with Crippen molar-refractivity contribution >= 4 is 6.09 Å². The average Bonchev–Trinajstić information content (AvgIpc) is 3.06. The standard InChI is InChI=1S/C20H13F3N2O2/c21-12-6-7-15(22)14(8-12)19-18(25-20(26)27-19)13-9-17(24-10-16(13)23)11-4-2-1-3-5-11/h1-10,18-19H,(H,25,26)/t18-,19-/m1/s1. The van der Waals surface area contributed by atoms with Gasteiger partial charge in [0.25, 0.3) is 0 Å². The molecule has 1 saturated heterocycles. The second-order valence-electron chi connectivity index (χ2n) is 6.07. The first-order valence-corrected chi connectivity index (χ1v) is 8.16. The van der Waals surface area contributed by atoms with Crippen molar-refractivity contribution in [2.75, 3.05) is 0 Å². The Kier molecular flexibility index (Phi) is 4.27. The Balaban J connectivity index is 1.79. The van der Waals surface area contributed by atoms with Crippen LogP contribution in [0.15, 0.2) is 60.8 Å². The second-order valence-corrected chi connectivity index (χ2v) is 6.07. The Labute approximate surface area is 152 Å². The topological polar surface area (TPSA) is 51.2 Å². The van der Waals surface area contributed by atoms with Gasteiger partial charge in [-0.2, -0.15) is 0 Å². The van der Waals surface area contributed by atoms with Crippen molar-refractivity contribution in [2.45, 2.75) is 12.1 Å². The third-order valence-corrected chi connectivity index (χ3v) is 4.36. The minimum Gasteiger partial charge on any atom is -0.439 e. The van der Waals surface area contributed by atoms with Crippen LogP contribution >= 0.6 is 0 Å². The fourth-order valence-electron chi connectivity index (χ4n) is 3.10. The van der Waals surface area contributed by atoms with Gasteiger partial charge in [-0.15, -0.1) is 0 Å². The Morgan fingerprint density at radius 2 is 1.70 bits per heavy atom. The summed E-state index contributed by atoms with van der Waals surface area (Å²) in [4.78, 5) is 15.9. The van der Waals surface area contributed by atoms with Crippen LogP contribution in [-0.2, 0) is 4.74 Å². The monoisotopic (exact) mass is 370 g/mol. The van der Waals surface area contributed by atoms with Gasteiger partial charge < -0.3 is 10.1 Å². The lowest BCUT2D eigenvalue weighted by molar-refractivity contribution is 0.129. The molecule has 7 heteroatoms. The van der Waals surface area contributed by atoms with Gasteiger partial charge in [0.2, 0.25) is 0 Å². The third-order valence-electron chi connectivity index (χ3n) is 4.36. The van der Waals surface area contributed by atoms with Crippen LogP contribution in [0.4, 0.5) is 18.0 Å². The summed E-state index contributed by atoms with van der Waals surface area (Å²) in [5.41, 5.74) is 1.13. The summed E-state index contributed by atoms with van der Waals surface area (Å²) in [5.74, 6) is -2.12. The predicted octanol–water partition coefficient (Wildman–Crippen LogP) is 4.69. The van der Waals surface area contributed by atoms with Crippen molar-refractivity contribution in [3.8, 4) is 11.3 Å². The van der Waals surface area contributed by atoms with Crippen LogP contribution in [0.25, 0.3) is 11.3 Å². The van der Waals surface area contributed by atoms with Crippen LogP contribution in [0, 0.1) is 17.5 Å². The van der Waals surface area contributed by atoms with Crippen molar-refractivity contribution in [1.29, 1.82) is 0 Å². The Bertz CT molecular complexity index is 1010. The predicted molar refractivity (Wildman–Crippen MR) is 91.1 cm³/mol. The SMILES string of the molecule is O=C1N[C@H](c2cc(-c3ccccc3)ncc2F)[C@@H](c2cc(F)ccc2F)O1. The van der Waals surface area contributed by atoms with E-state index in [0.29, 0.717) is 5.69 Å². The number of amides is 1. The molecule has 27 heavy (non-hydrogen) atoms. The van der Waals surface area contributed by atoms with E-state index < -0.39 is 35.7 Å². The molecule has 4 rings (SSSR count). The number of carbonyl (C=O) groups excluding carboxylic acids is 1. The van der Waals surface area contributed by atoms with Crippen molar-refractivity contribution in [3.05, 3.63) is 89.4 Å². The zero-order valence-corrected chi connectivity index (χ0v) is 13.8. The van der Waals surface area contributed by atoms with E-state index in [0.717, 1.165) is 30.0 Å². The summed E-state index contributed by atoms with van der Waals surface area (Å²) in [6, 6.07) is 12.3. The molecule has 0 unspecified atom stereocenters. The van der Waals surface area contributed by atoms with E-state index in [4.69, 9.17) is 4.74 Å². The van der Waals surface area contributed by atoms with E-state index in [1.165, 1.54) is 6.07 Å². The highest BCUT2D eigenvalue weighted by atomic mass is 19.1. The highest BCUT2D eigenvalue weighted by Crippen LogP contribution is 2.39. The number of nitrogens with zero attached hydrogens (tertiary/aromatic N) is 1. The maximum Gasteiger partial charge on any atom is 0.408 e. The molecule has 4 nitrogen and oxygen atoms in total. The summed E-state index contributed by atoms with van der Waals surface area (Å²) < 4.78 is 47.4. The maximum atomic E-state index is 14.5. The number of carbonyl (C=O) groups is 1. The first-order chi connectivity index (χ1) is 13.0. The summed E-state index contributed by atoms with van der Waals surface area (Å²) in [7, 11) is 0. The van der Waals surface area contributed by atoms with Gasteiger partial charge in [0, 0.05) is 16.7 Å². The molecule has 136 valence electrons. The average molecular weight is 370 g/mol. The van der Waals surface area contributed by atoms with Gasteiger partial charge in [-0.3, -0.25) is 4.98 Å². The zero-order valence-electron chi connectivity index (χ0n) is 13.8. The molecule has 1 aromatic heterocycles. The highest BCUT2D eigenvalue weighted by molar-refractivity contribution is 5.71. The van der Waals surface area contributed by atoms with Crippen molar-refractivity contribution < 1.29 is 22.7 Å². The Morgan fingerprint density at radius 3 is 2.48 bits per heavy atom. The molecule has 0 bridgehead atoms. The molecule has 1 amide bonds. The number of halogens is 3. The van der Waals surface area contributed by atoms with Crippen LogP contribution in [0.2, 0.25) is 0 Å². The molecule has 0 spiro atoms. The van der Waals surface area contributed by atoms with E-state index in [2.05, 4.69) is 10.3 Å². The quantitative estimate of drug-likeness (QED) is 0.728. The van der Waals surface area contributed by atoms with Crippen molar-refractivity contribution in [1.82, 2.24) is 10.3 Å². The third kappa shape index (κ3) is 3.23.